The summed E-state index contributed by atoms with van der Waals surface area (Å²) in [4.78, 5) is 12.1. The Balaban J connectivity index is 2.20. The number of aryl methyl sites for hydroxylation is 1. The van der Waals surface area contributed by atoms with Crippen molar-refractivity contribution in [2.24, 2.45) is 0 Å². The number of rotatable bonds is 8. The van der Waals surface area contributed by atoms with Crippen LogP contribution in [0.1, 0.15) is 38.9 Å². The van der Waals surface area contributed by atoms with Crippen LogP contribution in [0.4, 0.5) is 8.78 Å². The Morgan fingerprint density at radius 3 is 2.88 bits per heavy atom. The fourth-order valence-corrected chi connectivity index (χ4v) is 2.45. The van der Waals surface area contributed by atoms with Gasteiger partial charge in [-0.05, 0) is 50.6 Å². The van der Waals surface area contributed by atoms with Crippen molar-refractivity contribution in [1.29, 1.82) is 0 Å². The van der Waals surface area contributed by atoms with Crippen molar-refractivity contribution < 1.29 is 17.9 Å². The molecular formula is C19H22F2O3. The number of ether oxygens (including phenoxy) is 1. The van der Waals surface area contributed by atoms with Crippen LogP contribution in [-0.2, 0) is 6.42 Å². The number of alkyl halides is 1. The van der Waals surface area contributed by atoms with Gasteiger partial charge in [-0.1, -0.05) is 18.2 Å². The Kier molecular flexibility index (Phi) is 6.53. The van der Waals surface area contributed by atoms with Crippen LogP contribution in [0.25, 0.3) is 10.8 Å². The second kappa shape index (κ2) is 8.62. The summed E-state index contributed by atoms with van der Waals surface area (Å²) in [5.74, 6) is -0.215. The lowest BCUT2D eigenvalue weighted by Gasteiger charge is -2.09. The molecule has 0 amide bonds. The van der Waals surface area contributed by atoms with E-state index in [2.05, 4.69) is 0 Å². The van der Waals surface area contributed by atoms with Gasteiger partial charge in [0.1, 0.15) is 11.1 Å². The summed E-state index contributed by atoms with van der Waals surface area (Å²) in [5.41, 5.74) is -0.705. The fourth-order valence-electron chi connectivity index (χ4n) is 2.45. The van der Waals surface area contributed by atoms with Crippen molar-refractivity contribution in [2.75, 3.05) is 6.61 Å². The molecule has 1 heterocycles. The molecule has 24 heavy (non-hydrogen) atoms. The molecule has 0 saturated carbocycles. The van der Waals surface area contributed by atoms with Crippen LogP contribution >= 0.6 is 0 Å². The molecule has 0 spiro atoms. The minimum Gasteiger partial charge on any atom is -0.490 e. The van der Waals surface area contributed by atoms with Gasteiger partial charge in [-0.15, -0.1) is 0 Å². The van der Waals surface area contributed by atoms with Gasteiger partial charge in [-0.3, -0.25) is 0 Å². The number of allylic oxidation sites excluding steroid dienone is 2. The third kappa shape index (κ3) is 4.66. The molecule has 1 atom stereocenters. The van der Waals surface area contributed by atoms with Crippen molar-refractivity contribution >= 4 is 10.8 Å². The van der Waals surface area contributed by atoms with E-state index in [-0.39, 0.29) is 17.7 Å². The highest BCUT2D eigenvalue weighted by Crippen LogP contribution is 2.25. The zero-order valence-electron chi connectivity index (χ0n) is 14.0. The van der Waals surface area contributed by atoms with Gasteiger partial charge in [-0.2, -0.15) is 0 Å². The Morgan fingerprint density at radius 1 is 1.38 bits per heavy atom. The first-order chi connectivity index (χ1) is 11.5. The minimum atomic E-state index is -0.914. The van der Waals surface area contributed by atoms with Gasteiger partial charge >= 0.3 is 5.63 Å². The summed E-state index contributed by atoms with van der Waals surface area (Å²) in [6, 6.07) is 4.81. The molecule has 0 saturated heterocycles. The molecule has 0 aliphatic heterocycles. The van der Waals surface area contributed by atoms with E-state index >= 15 is 0 Å². The number of hydrogen-bond donors (Lipinski definition) is 0. The van der Waals surface area contributed by atoms with E-state index in [4.69, 9.17) is 9.15 Å². The first-order valence-corrected chi connectivity index (χ1v) is 8.16. The molecule has 0 aliphatic rings. The average Bonchev–Trinajstić information content (AvgIpc) is 2.53. The van der Waals surface area contributed by atoms with E-state index in [9.17, 15) is 13.6 Å². The maximum atomic E-state index is 14.5. The van der Waals surface area contributed by atoms with Crippen molar-refractivity contribution in [2.45, 2.75) is 45.7 Å². The average molecular weight is 336 g/mol. The molecule has 2 rings (SSSR count). The second-order valence-corrected chi connectivity index (χ2v) is 5.72. The molecule has 5 heteroatoms. The summed E-state index contributed by atoms with van der Waals surface area (Å²) in [6.07, 6.45) is 5.15. The molecular weight excluding hydrogens is 314 g/mol. The van der Waals surface area contributed by atoms with Crippen LogP contribution in [0.2, 0.25) is 0 Å². The third-order valence-electron chi connectivity index (χ3n) is 3.68. The van der Waals surface area contributed by atoms with Crippen LogP contribution in [0.5, 0.6) is 5.75 Å². The van der Waals surface area contributed by atoms with Gasteiger partial charge in [0, 0.05) is 6.42 Å². The van der Waals surface area contributed by atoms with Crippen molar-refractivity contribution in [3.63, 3.8) is 0 Å². The maximum Gasteiger partial charge on any atom is 0.346 e. The number of hydrogen-bond acceptors (Lipinski definition) is 3. The van der Waals surface area contributed by atoms with Crippen LogP contribution in [-0.4, -0.2) is 12.8 Å². The zero-order chi connectivity index (χ0) is 17.5. The standard InChI is InChI=1S/C19H22F2O3/c1-3-4-5-8-15-12-14-9-10-16(23-11-6-7-13(2)20)18(21)17(14)19(22)24-15/h3-4,9-10,12-13H,5-8,11H2,1-2H3/b4-3+. The Morgan fingerprint density at radius 2 is 2.17 bits per heavy atom. The van der Waals surface area contributed by atoms with E-state index in [1.807, 2.05) is 19.1 Å². The predicted octanol–water partition coefficient (Wildman–Crippen LogP) is 4.96. The summed E-state index contributed by atoms with van der Waals surface area (Å²) in [6.45, 7) is 3.58. The highest BCUT2D eigenvalue weighted by Gasteiger charge is 2.14. The van der Waals surface area contributed by atoms with Gasteiger partial charge in [0.2, 0.25) is 0 Å². The van der Waals surface area contributed by atoms with Gasteiger partial charge in [0.25, 0.3) is 0 Å². The van der Waals surface area contributed by atoms with Crippen LogP contribution in [0.3, 0.4) is 0 Å². The summed E-state index contributed by atoms with van der Waals surface area (Å²) < 4.78 is 37.7. The third-order valence-corrected chi connectivity index (χ3v) is 3.68. The Bertz CT molecular complexity index is 763. The molecule has 3 nitrogen and oxygen atoms in total. The molecule has 0 bridgehead atoms. The maximum absolute atomic E-state index is 14.5. The molecule has 0 radical (unpaired) electrons. The zero-order valence-corrected chi connectivity index (χ0v) is 14.0. The highest BCUT2D eigenvalue weighted by molar-refractivity contribution is 5.83. The Labute approximate surface area is 139 Å². The molecule has 130 valence electrons. The summed E-state index contributed by atoms with van der Waals surface area (Å²) >= 11 is 0. The van der Waals surface area contributed by atoms with Gasteiger partial charge in [-0.25, -0.2) is 13.6 Å². The van der Waals surface area contributed by atoms with E-state index < -0.39 is 17.6 Å². The molecule has 1 aromatic heterocycles. The smallest absolute Gasteiger partial charge is 0.346 e. The predicted molar refractivity (Wildman–Crippen MR) is 90.9 cm³/mol. The number of fused-ring (bicyclic) bond motifs is 1. The molecule has 2 aromatic rings. The summed E-state index contributed by atoms with van der Waals surface area (Å²) in [7, 11) is 0. The molecule has 0 N–H and O–H groups in total. The monoisotopic (exact) mass is 336 g/mol. The van der Waals surface area contributed by atoms with Crippen molar-refractivity contribution in [3.8, 4) is 5.75 Å². The lowest BCUT2D eigenvalue weighted by atomic mass is 10.1. The molecule has 1 unspecified atom stereocenters. The quantitative estimate of drug-likeness (QED) is 0.505. The van der Waals surface area contributed by atoms with E-state index in [1.165, 1.54) is 13.0 Å². The lowest BCUT2D eigenvalue weighted by Crippen LogP contribution is -2.07. The summed E-state index contributed by atoms with van der Waals surface area (Å²) in [5, 5.41) is 0.380. The van der Waals surface area contributed by atoms with Crippen LogP contribution in [0, 0.1) is 5.82 Å². The lowest BCUT2D eigenvalue weighted by molar-refractivity contribution is 0.262. The van der Waals surface area contributed by atoms with E-state index in [1.54, 1.807) is 12.1 Å². The number of halogens is 2. The van der Waals surface area contributed by atoms with Gasteiger partial charge in [0.15, 0.2) is 11.6 Å². The van der Waals surface area contributed by atoms with Crippen LogP contribution in [0.15, 0.2) is 39.6 Å². The first kappa shape index (κ1) is 18.2. The largest absolute Gasteiger partial charge is 0.490 e. The topological polar surface area (TPSA) is 39.4 Å². The molecule has 0 fully saturated rings. The minimum absolute atomic E-state index is 0.0111. The molecule has 1 aromatic carbocycles. The van der Waals surface area contributed by atoms with Gasteiger partial charge in [0.05, 0.1) is 12.8 Å². The van der Waals surface area contributed by atoms with E-state index in [0.29, 0.717) is 30.4 Å². The van der Waals surface area contributed by atoms with Crippen LogP contribution < -0.4 is 10.4 Å². The van der Waals surface area contributed by atoms with E-state index in [0.717, 1.165) is 6.42 Å². The second-order valence-electron chi connectivity index (χ2n) is 5.72. The SMILES string of the molecule is C/C=C/CCc1cc2ccc(OCCCC(C)F)c(F)c2c(=O)o1. The highest BCUT2D eigenvalue weighted by atomic mass is 19.1. The molecule has 0 aliphatic carbocycles. The first-order valence-electron chi connectivity index (χ1n) is 8.16. The van der Waals surface area contributed by atoms with Crippen molar-refractivity contribution in [1.82, 2.24) is 0 Å². The van der Waals surface area contributed by atoms with Gasteiger partial charge < -0.3 is 9.15 Å². The number of benzene rings is 1. The van der Waals surface area contributed by atoms with Crippen molar-refractivity contribution in [3.05, 3.63) is 52.3 Å². The normalized spacial score (nSPS) is 12.8. The Hall–Kier alpha value is -2.17. The fraction of sp³-hybridized carbons (Fsp3) is 0.421.